The average Bonchev–Trinajstić information content (AvgIpc) is 3.14. The third-order valence-electron chi connectivity index (χ3n) is 2.57. The van der Waals surface area contributed by atoms with Gasteiger partial charge in [0.25, 0.3) is 11.8 Å². The number of hydrogen-bond donors (Lipinski definition) is 0. The van der Waals surface area contributed by atoms with E-state index in [-0.39, 0.29) is 24.1 Å². The molecule has 3 aromatic heterocycles. The van der Waals surface area contributed by atoms with Crippen molar-refractivity contribution in [2.24, 2.45) is 0 Å². The number of aromatic nitrogens is 4. The van der Waals surface area contributed by atoms with Gasteiger partial charge in [0.15, 0.2) is 22.7 Å². The normalized spacial score (nSPS) is 10.6. The summed E-state index contributed by atoms with van der Waals surface area (Å²) in [5.74, 6) is 0.150. The Morgan fingerprint density at radius 3 is 2.77 bits per heavy atom. The highest BCUT2D eigenvalue weighted by Crippen LogP contribution is 2.23. The van der Waals surface area contributed by atoms with Crippen LogP contribution in [0.1, 0.15) is 22.1 Å². The second kappa shape index (κ2) is 6.06. The molecule has 0 saturated carbocycles. The molecule has 8 nitrogen and oxygen atoms in total. The van der Waals surface area contributed by atoms with Crippen LogP contribution < -0.4 is 0 Å². The number of carbonyl (C=O) groups excluding carboxylic acids is 1. The molecule has 3 heterocycles. The van der Waals surface area contributed by atoms with Crippen molar-refractivity contribution in [2.75, 3.05) is 0 Å². The van der Waals surface area contributed by atoms with Gasteiger partial charge in [-0.1, -0.05) is 0 Å². The molecule has 0 bridgehead atoms. The van der Waals surface area contributed by atoms with Gasteiger partial charge >= 0.3 is 5.97 Å². The van der Waals surface area contributed by atoms with E-state index in [1.54, 1.807) is 19.1 Å². The van der Waals surface area contributed by atoms with Gasteiger partial charge in [-0.05, 0) is 35.0 Å². The van der Waals surface area contributed by atoms with Crippen LogP contribution in [0.25, 0.3) is 11.7 Å². The van der Waals surface area contributed by atoms with Gasteiger partial charge in [0, 0.05) is 6.20 Å². The molecular weight excluding hydrogens is 356 g/mol. The van der Waals surface area contributed by atoms with Crippen LogP contribution in [0.5, 0.6) is 0 Å². The molecule has 0 atom stereocenters. The molecule has 0 N–H and O–H groups in total. The first kappa shape index (κ1) is 14.4. The van der Waals surface area contributed by atoms with E-state index in [1.807, 2.05) is 0 Å². The van der Waals surface area contributed by atoms with Crippen molar-refractivity contribution in [1.82, 2.24) is 20.2 Å². The molecule has 0 aliphatic rings. The summed E-state index contributed by atoms with van der Waals surface area (Å²) in [6, 6.07) is 3.38. The van der Waals surface area contributed by atoms with E-state index < -0.39 is 5.97 Å². The number of nitrogens with zero attached hydrogens (tertiary/aromatic N) is 4. The van der Waals surface area contributed by atoms with Gasteiger partial charge in [-0.25, -0.2) is 9.78 Å². The van der Waals surface area contributed by atoms with Crippen LogP contribution in [0.15, 0.2) is 38.0 Å². The largest absolute Gasteiger partial charge is 0.451 e. The van der Waals surface area contributed by atoms with E-state index >= 15 is 0 Å². The van der Waals surface area contributed by atoms with Gasteiger partial charge in [-0.3, -0.25) is 4.98 Å². The number of halogens is 1. The van der Waals surface area contributed by atoms with E-state index in [0.717, 1.165) is 0 Å². The van der Waals surface area contributed by atoms with Gasteiger partial charge in [-0.15, -0.1) is 10.2 Å². The minimum atomic E-state index is -0.618. The van der Waals surface area contributed by atoms with Crippen LogP contribution in [0, 0.1) is 6.92 Å². The number of carbonyl (C=O) groups is 1. The molecule has 3 aromatic rings. The Morgan fingerprint density at radius 1 is 1.23 bits per heavy atom. The van der Waals surface area contributed by atoms with Crippen molar-refractivity contribution < 1.29 is 18.4 Å². The molecule has 3 rings (SSSR count). The van der Waals surface area contributed by atoms with Gasteiger partial charge in [0.2, 0.25) is 0 Å². The summed E-state index contributed by atoms with van der Waals surface area (Å²) in [6.45, 7) is 1.61. The van der Waals surface area contributed by atoms with Crippen molar-refractivity contribution in [3.8, 4) is 11.7 Å². The van der Waals surface area contributed by atoms with E-state index in [1.165, 1.54) is 12.4 Å². The zero-order chi connectivity index (χ0) is 15.5. The number of ether oxygens (including phenoxy) is 1. The van der Waals surface area contributed by atoms with E-state index in [4.69, 9.17) is 13.6 Å². The molecule has 22 heavy (non-hydrogen) atoms. The Kier molecular flexibility index (Phi) is 3.96. The monoisotopic (exact) mass is 364 g/mol. The van der Waals surface area contributed by atoms with E-state index in [9.17, 15) is 4.79 Å². The summed E-state index contributed by atoms with van der Waals surface area (Å²) >= 11 is 3.18. The summed E-state index contributed by atoms with van der Waals surface area (Å²) in [6.07, 6.45) is 2.83. The fourth-order valence-electron chi connectivity index (χ4n) is 1.54. The molecule has 0 fully saturated rings. The van der Waals surface area contributed by atoms with Crippen LogP contribution in [-0.2, 0) is 11.3 Å². The predicted molar refractivity (Wildman–Crippen MR) is 75.6 cm³/mol. The van der Waals surface area contributed by atoms with Crippen molar-refractivity contribution in [3.05, 3.63) is 46.5 Å². The van der Waals surface area contributed by atoms with Crippen LogP contribution in [0.4, 0.5) is 0 Å². The minimum absolute atomic E-state index is 0.111. The summed E-state index contributed by atoms with van der Waals surface area (Å²) in [7, 11) is 0. The Hall–Kier alpha value is -2.55. The quantitative estimate of drug-likeness (QED) is 0.650. The van der Waals surface area contributed by atoms with Crippen LogP contribution in [-0.4, -0.2) is 26.1 Å². The summed E-state index contributed by atoms with van der Waals surface area (Å²) < 4.78 is 16.2. The van der Waals surface area contributed by atoms with Gasteiger partial charge in [-0.2, -0.15) is 0 Å². The highest BCUT2D eigenvalue weighted by molar-refractivity contribution is 9.10. The maximum Gasteiger partial charge on any atom is 0.359 e. The van der Waals surface area contributed by atoms with Gasteiger partial charge in [0.1, 0.15) is 0 Å². The molecule has 0 unspecified atom stereocenters. The van der Waals surface area contributed by atoms with Crippen molar-refractivity contribution >= 4 is 21.9 Å². The zero-order valence-corrected chi connectivity index (χ0v) is 12.9. The number of rotatable bonds is 4. The summed E-state index contributed by atoms with van der Waals surface area (Å²) in [5.41, 5.74) is 0.822. The topological polar surface area (TPSA) is 104 Å². The molecule has 0 aliphatic heterocycles. The first-order chi connectivity index (χ1) is 10.6. The first-order valence-corrected chi connectivity index (χ1v) is 6.95. The molecule has 0 spiro atoms. The third kappa shape index (κ3) is 3.19. The standard InChI is InChI=1S/C13H9BrN4O4/c1-7-4-16-8(5-15-7)13(19)20-6-11-17-18-12(22-11)9-2-3-10(14)21-9/h2-5H,6H2,1H3. The summed E-state index contributed by atoms with van der Waals surface area (Å²) in [5, 5.41) is 7.59. The Balaban J connectivity index is 1.63. The van der Waals surface area contributed by atoms with E-state index in [2.05, 4.69) is 36.1 Å². The van der Waals surface area contributed by atoms with Crippen molar-refractivity contribution in [3.63, 3.8) is 0 Å². The Bertz CT molecular complexity index is 796. The highest BCUT2D eigenvalue weighted by atomic mass is 79.9. The molecular formula is C13H9BrN4O4. The fraction of sp³-hybridized carbons (Fsp3) is 0.154. The fourth-order valence-corrected chi connectivity index (χ4v) is 1.85. The van der Waals surface area contributed by atoms with Crippen molar-refractivity contribution in [1.29, 1.82) is 0 Å². The molecule has 0 radical (unpaired) electrons. The number of esters is 1. The molecule has 0 aliphatic carbocycles. The smallest absolute Gasteiger partial charge is 0.359 e. The second-order valence-corrected chi connectivity index (χ2v) is 5.01. The molecule has 0 saturated heterocycles. The Morgan fingerprint density at radius 2 is 2.09 bits per heavy atom. The molecule has 9 heteroatoms. The molecule has 0 aromatic carbocycles. The number of furan rings is 1. The van der Waals surface area contributed by atoms with Crippen LogP contribution >= 0.6 is 15.9 Å². The number of aryl methyl sites for hydroxylation is 1. The maximum absolute atomic E-state index is 11.8. The Labute approximate surface area is 132 Å². The lowest BCUT2D eigenvalue weighted by molar-refractivity contribution is 0.0431. The molecule has 112 valence electrons. The van der Waals surface area contributed by atoms with Crippen LogP contribution in [0.3, 0.4) is 0 Å². The lowest BCUT2D eigenvalue weighted by Gasteiger charge is -2.00. The van der Waals surface area contributed by atoms with Crippen molar-refractivity contribution in [2.45, 2.75) is 13.5 Å². The third-order valence-corrected chi connectivity index (χ3v) is 2.99. The highest BCUT2D eigenvalue weighted by Gasteiger charge is 2.15. The lowest BCUT2D eigenvalue weighted by Crippen LogP contribution is -2.08. The second-order valence-electron chi connectivity index (χ2n) is 4.22. The van der Waals surface area contributed by atoms with Gasteiger partial charge in [0.05, 0.1) is 11.9 Å². The average molecular weight is 365 g/mol. The maximum atomic E-state index is 11.8. The zero-order valence-electron chi connectivity index (χ0n) is 11.3. The predicted octanol–water partition coefficient (Wildman–Crippen LogP) is 2.55. The minimum Gasteiger partial charge on any atom is -0.451 e. The lowest BCUT2D eigenvalue weighted by atomic mass is 10.4. The first-order valence-electron chi connectivity index (χ1n) is 6.15. The molecule has 0 amide bonds. The SMILES string of the molecule is Cc1cnc(C(=O)OCc2nnc(-c3ccc(Br)o3)o2)cn1. The summed E-state index contributed by atoms with van der Waals surface area (Å²) in [4.78, 5) is 19.7. The van der Waals surface area contributed by atoms with E-state index in [0.29, 0.717) is 16.1 Å². The number of hydrogen-bond acceptors (Lipinski definition) is 8. The van der Waals surface area contributed by atoms with Gasteiger partial charge < -0.3 is 13.6 Å². The van der Waals surface area contributed by atoms with Crippen LogP contribution in [0.2, 0.25) is 0 Å².